The zero-order valence-corrected chi connectivity index (χ0v) is 10.1. The lowest BCUT2D eigenvalue weighted by molar-refractivity contribution is 0.262. The van der Waals surface area contributed by atoms with Gasteiger partial charge in [0.1, 0.15) is 23.1 Å². The zero-order valence-electron chi connectivity index (χ0n) is 10.1. The highest BCUT2D eigenvalue weighted by atomic mass is 19.1. The lowest BCUT2D eigenvalue weighted by Crippen LogP contribution is -2.21. The summed E-state index contributed by atoms with van der Waals surface area (Å²) in [5.41, 5.74) is 5.08. The second-order valence-electron chi connectivity index (χ2n) is 3.91. The van der Waals surface area contributed by atoms with Crippen LogP contribution in [0.2, 0.25) is 0 Å². The fourth-order valence-corrected chi connectivity index (χ4v) is 1.53. The highest BCUT2D eigenvalue weighted by Crippen LogP contribution is 2.22. The molecule has 0 atom stereocenters. The van der Waals surface area contributed by atoms with Crippen molar-refractivity contribution in [3.05, 3.63) is 53.8 Å². The monoisotopic (exact) mass is 281 g/mol. The third-order valence-electron chi connectivity index (χ3n) is 2.46. The highest BCUT2D eigenvalue weighted by Gasteiger charge is 2.12. The summed E-state index contributed by atoms with van der Waals surface area (Å²) in [6.07, 6.45) is 0. The average Bonchev–Trinajstić information content (AvgIpc) is 2.37. The number of anilines is 3. The summed E-state index contributed by atoms with van der Waals surface area (Å²) in [4.78, 5) is 11.6. The normalized spacial score (nSPS) is 10.2. The molecule has 2 aromatic rings. The number of amides is 2. The number of halogens is 3. The van der Waals surface area contributed by atoms with Crippen molar-refractivity contribution in [1.82, 2.24) is 0 Å². The van der Waals surface area contributed by atoms with Crippen LogP contribution < -0.4 is 16.4 Å². The lowest BCUT2D eigenvalue weighted by Gasteiger charge is -2.11. The molecule has 0 saturated heterocycles. The van der Waals surface area contributed by atoms with E-state index in [1.54, 1.807) is 0 Å². The number of hydrogen-bond donors (Lipinski definition) is 3. The van der Waals surface area contributed by atoms with Gasteiger partial charge in [-0.1, -0.05) is 6.07 Å². The van der Waals surface area contributed by atoms with Crippen molar-refractivity contribution >= 4 is 23.1 Å². The van der Waals surface area contributed by atoms with E-state index in [-0.39, 0.29) is 17.1 Å². The van der Waals surface area contributed by atoms with Gasteiger partial charge in [0.15, 0.2) is 0 Å². The van der Waals surface area contributed by atoms with E-state index in [4.69, 9.17) is 5.73 Å². The van der Waals surface area contributed by atoms with E-state index < -0.39 is 23.5 Å². The molecule has 0 saturated carbocycles. The minimum Gasteiger partial charge on any atom is -0.397 e. The number of rotatable bonds is 2. The standard InChI is InChI=1S/C13H10F3N3O/c14-7-4-5-11(9(16)6-7)18-13(20)19-12-8(15)2-1-3-10(12)17/h1-6H,17H2,(H2,18,19,20). The van der Waals surface area contributed by atoms with E-state index in [1.165, 1.54) is 12.1 Å². The molecule has 20 heavy (non-hydrogen) atoms. The molecular formula is C13H10F3N3O. The number of para-hydroxylation sites is 1. The molecule has 4 N–H and O–H groups in total. The van der Waals surface area contributed by atoms with Crippen LogP contribution in [0.1, 0.15) is 0 Å². The van der Waals surface area contributed by atoms with Crippen LogP contribution in [0.5, 0.6) is 0 Å². The first-order valence-electron chi connectivity index (χ1n) is 5.54. The summed E-state index contributed by atoms with van der Waals surface area (Å²) in [7, 11) is 0. The number of hydrogen-bond acceptors (Lipinski definition) is 2. The first kappa shape index (κ1) is 13.7. The molecule has 0 spiro atoms. The molecule has 104 valence electrons. The smallest absolute Gasteiger partial charge is 0.323 e. The summed E-state index contributed by atoms with van der Waals surface area (Å²) < 4.78 is 39.5. The number of urea groups is 1. The predicted octanol–water partition coefficient (Wildman–Crippen LogP) is 3.33. The number of nitrogens with two attached hydrogens (primary N) is 1. The van der Waals surface area contributed by atoms with Crippen LogP contribution in [-0.2, 0) is 0 Å². The summed E-state index contributed by atoms with van der Waals surface area (Å²) in [5, 5.41) is 4.28. The summed E-state index contributed by atoms with van der Waals surface area (Å²) >= 11 is 0. The third-order valence-corrected chi connectivity index (χ3v) is 2.46. The summed E-state index contributed by atoms with van der Waals surface area (Å²) in [6.45, 7) is 0. The molecule has 0 aliphatic rings. The van der Waals surface area contributed by atoms with Crippen LogP contribution in [0.15, 0.2) is 36.4 Å². The van der Waals surface area contributed by atoms with Crippen molar-refractivity contribution in [2.75, 3.05) is 16.4 Å². The number of carbonyl (C=O) groups excluding carboxylic acids is 1. The van der Waals surface area contributed by atoms with Crippen LogP contribution in [0.3, 0.4) is 0 Å². The molecule has 0 unspecified atom stereocenters. The second kappa shape index (κ2) is 5.52. The molecule has 4 nitrogen and oxygen atoms in total. The molecule has 2 amide bonds. The van der Waals surface area contributed by atoms with Crippen molar-refractivity contribution in [2.24, 2.45) is 0 Å². The first-order valence-corrected chi connectivity index (χ1v) is 5.54. The Morgan fingerprint density at radius 1 is 1.00 bits per heavy atom. The predicted molar refractivity (Wildman–Crippen MR) is 69.8 cm³/mol. The van der Waals surface area contributed by atoms with Crippen molar-refractivity contribution < 1.29 is 18.0 Å². The third kappa shape index (κ3) is 3.00. The maximum Gasteiger partial charge on any atom is 0.323 e. The van der Waals surface area contributed by atoms with Crippen molar-refractivity contribution in [1.29, 1.82) is 0 Å². The SMILES string of the molecule is Nc1cccc(F)c1NC(=O)Nc1ccc(F)cc1F. The van der Waals surface area contributed by atoms with Gasteiger partial charge in [-0.2, -0.15) is 0 Å². The van der Waals surface area contributed by atoms with Crippen molar-refractivity contribution in [2.45, 2.75) is 0 Å². The van der Waals surface area contributed by atoms with Crippen LogP contribution >= 0.6 is 0 Å². The van der Waals surface area contributed by atoms with E-state index in [0.717, 1.165) is 18.2 Å². The van der Waals surface area contributed by atoms with E-state index >= 15 is 0 Å². The summed E-state index contributed by atoms with van der Waals surface area (Å²) in [6, 6.07) is 5.65. The Balaban J connectivity index is 2.13. The summed E-state index contributed by atoms with van der Waals surface area (Å²) in [5.74, 6) is -2.44. The number of benzene rings is 2. The maximum atomic E-state index is 13.4. The van der Waals surface area contributed by atoms with Crippen LogP contribution in [-0.4, -0.2) is 6.03 Å². The minimum atomic E-state index is -0.943. The van der Waals surface area contributed by atoms with Crippen LogP contribution in [0, 0.1) is 17.5 Å². The molecule has 0 aromatic heterocycles. The van der Waals surface area contributed by atoms with Gasteiger partial charge in [-0.15, -0.1) is 0 Å². The molecule has 2 aromatic carbocycles. The van der Waals surface area contributed by atoms with Crippen LogP contribution in [0.25, 0.3) is 0 Å². The largest absolute Gasteiger partial charge is 0.397 e. The maximum absolute atomic E-state index is 13.4. The van der Waals surface area contributed by atoms with Gasteiger partial charge in [0.25, 0.3) is 0 Å². The Hall–Kier alpha value is -2.70. The molecule has 0 aliphatic heterocycles. The first-order chi connectivity index (χ1) is 9.47. The molecule has 0 bridgehead atoms. The molecule has 0 aliphatic carbocycles. The fourth-order valence-electron chi connectivity index (χ4n) is 1.53. The highest BCUT2D eigenvalue weighted by molar-refractivity contribution is 6.01. The molecule has 0 fully saturated rings. The van der Waals surface area contributed by atoms with Crippen LogP contribution in [0.4, 0.5) is 35.0 Å². The second-order valence-corrected chi connectivity index (χ2v) is 3.91. The molecule has 0 heterocycles. The van der Waals surface area contributed by atoms with Gasteiger partial charge in [0.2, 0.25) is 0 Å². The number of nitrogens with one attached hydrogen (secondary N) is 2. The van der Waals surface area contributed by atoms with Crippen molar-refractivity contribution in [3.8, 4) is 0 Å². The molecule has 7 heteroatoms. The Bertz CT molecular complexity index is 641. The van der Waals surface area contributed by atoms with E-state index in [2.05, 4.69) is 10.6 Å². The molecule has 2 rings (SSSR count). The average molecular weight is 281 g/mol. The zero-order chi connectivity index (χ0) is 14.7. The Morgan fingerprint density at radius 3 is 2.40 bits per heavy atom. The topological polar surface area (TPSA) is 67.1 Å². The Kier molecular flexibility index (Phi) is 3.79. The quantitative estimate of drug-likeness (QED) is 0.739. The minimum absolute atomic E-state index is 0.0275. The number of nitrogen functional groups attached to an aromatic ring is 1. The van der Waals surface area contributed by atoms with Gasteiger partial charge in [0, 0.05) is 6.07 Å². The Labute approximate surface area is 112 Å². The van der Waals surface area contributed by atoms with Gasteiger partial charge in [-0.05, 0) is 24.3 Å². The van der Waals surface area contributed by atoms with Gasteiger partial charge in [-0.25, -0.2) is 18.0 Å². The molecular weight excluding hydrogens is 271 g/mol. The lowest BCUT2D eigenvalue weighted by atomic mass is 10.2. The van der Waals surface area contributed by atoms with E-state index in [9.17, 15) is 18.0 Å². The van der Waals surface area contributed by atoms with E-state index in [1.807, 2.05) is 0 Å². The molecule has 0 radical (unpaired) electrons. The van der Waals surface area contributed by atoms with Gasteiger partial charge in [-0.3, -0.25) is 0 Å². The fraction of sp³-hybridized carbons (Fsp3) is 0. The van der Waals surface area contributed by atoms with Gasteiger partial charge in [0.05, 0.1) is 11.4 Å². The van der Waals surface area contributed by atoms with E-state index in [0.29, 0.717) is 6.07 Å². The van der Waals surface area contributed by atoms with Gasteiger partial charge >= 0.3 is 6.03 Å². The number of carbonyl (C=O) groups is 1. The van der Waals surface area contributed by atoms with Crippen molar-refractivity contribution in [3.63, 3.8) is 0 Å². The Morgan fingerprint density at radius 2 is 1.75 bits per heavy atom. The van der Waals surface area contributed by atoms with Gasteiger partial charge < -0.3 is 16.4 Å².